The fourth-order valence-electron chi connectivity index (χ4n) is 5.24. The molecule has 2 heterocycles. The van der Waals surface area contributed by atoms with Gasteiger partial charge in [0.25, 0.3) is 11.8 Å². The van der Waals surface area contributed by atoms with Gasteiger partial charge in [0.15, 0.2) is 15.5 Å². The predicted octanol–water partition coefficient (Wildman–Crippen LogP) is 1.64. The Hall–Kier alpha value is -3.56. The molecule has 0 radical (unpaired) electrons. The number of benzene rings is 1. The van der Waals surface area contributed by atoms with Crippen LogP contribution in [0.3, 0.4) is 0 Å². The summed E-state index contributed by atoms with van der Waals surface area (Å²) < 4.78 is 26.7. The van der Waals surface area contributed by atoms with Gasteiger partial charge in [-0.25, -0.2) is 8.42 Å². The molecule has 2 aliphatic rings. The maximum absolute atomic E-state index is 13.8. The van der Waals surface area contributed by atoms with Crippen LogP contribution in [-0.4, -0.2) is 69.3 Å². The number of nitrogens with one attached hydrogen (secondary N) is 1. The first-order valence-electron chi connectivity index (χ1n) is 13.4. The van der Waals surface area contributed by atoms with E-state index in [1.807, 2.05) is 0 Å². The quantitative estimate of drug-likeness (QED) is 0.412. The summed E-state index contributed by atoms with van der Waals surface area (Å²) in [7, 11) is -2.10. The molecular weight excluding hydrogens is 532 g/mol. The molecule has 1 saturated carbocycles. The van der Waals surface area contributed by atoms with E-state index in [2.05, 4.69) is 16.5 Å². The van der Waals surface area contributed by atoms with Gasteiger partial charge in [0, 0.05) is 38.7 Å². The van der Waals surface area contributed by atoms with Gasteiger partial charge in [-0.15, -0.1) is 0 Å². The molecular formula is C28H36N6O5S. The normalized spacial score (nSPS) is 17.1. The van der Waals surface area contributed by atoms with E-state index >= 15 is 0 Å². The van der Waals surface area contributed by atoms with Crippen molar-refractivity contribution in [1.82, 2.24) is 20.0 Å². The lowest BCUT2D eigenvalue weighted by Crippen LogP contribution is -2.50. The van der Waals surface area contributed by atoms with E-state index in [1.54, 1.807) is 57.0 Å². The van der Waals surface area contributed by atoms with Crippen LogP contribution in [0.15, 0.2) is 24.3 Å². The number of hydrogen-bond donors (Lipinski definition) is 2. The maximum atomic E-state index is 13.8. The number of carbonyl (C=O) groups is 3. The number of Topliss-reactive ketones (excluding diaryl/α,β-unsaturated/α-hetero) is 1. The number of nitriles is 1. The SMILES string of the molecule is C[C@@H](N)C(=O)CCC(C)(C)S(=O)(=O)C1(CN2CCc3c(C(=O)NCc4ccc(C#N)cc4)nn(C)c3C2=O)CC1. The molecule has 1 atom stereocenters. The van der Waals surface area contributed by atoms with Crippen molar-refractivity contribution in [3.63, 3.8) is 0 Å². The summed E-state index contributed by atoms with van der Waals surface area (Å²) in [5.41, 5.74) is 8.00. The average Bonchev–Trinajstić information content (AvgIpc) is 3.63. The van der Waals surface area contributed by atoms with Gasteiger partial charge in [0.2, 0.25) is 0 Å². The Morgan fingerprint density at radius 3 is 2.48 bits per heavy atom. The first kappa shape index (κ1) is 29.4. The van der Waals surface area contributed by atoms with E-state index in [0.717, 1.165) is 5.56 Å². The monoisotopic (exact) mass is 568 g/mol. The van der Waals surface area contributed by atoms with Crippen molar-refractivity contribution >= 4 is 27.4 Å². The van der Waals surface area contributed by atoms with Crippen LogP contribution in [0.4, 0.5) is 0 Å². The number of nitrogens with zero attached hydrogens (tertiary/aromatic N) is 4. The van der Waals surface area contributed by atoms with E-state index in [4.69, 9.17) is 11.0 Å². The summed E-state index contributed by atoms with van der Waals surface area (Å²) >= 11 is 0. The molecule has 2 aromatic rings. The smallest absolute Gasteiger partial charge is 0.272 e. The second kappa shape index (κ2) is 10.8. The van der Waals surface area contributed by atoms with E-state index < -0.39 is 31.3 Å². The zero-order valence-corrected chi connectivity index (χ0v) is 24.2. The second-order valence-corrected chi connectivity index (χ2v) is 14.4. The number of nitrogens with two attached hydrogens (primary N) is 1. The molecule has 0 bridgehead atoms. The Labute approximate surface area is 234 Å². The number of amides is 2. The molecule has 1 aliphatic heterocycles. The molecule has 2 amide bonds. The number of fused-ring (bicyclic) bond motifs is 1. The molecule has 0 unspecified atom stereocenters. The second-order valence-electron chi connectivity index (χ2n) is 11.5. The highest BCUT2D eigenvalue weighted by Gasteiger charge is 2.60. The van der Waals surface area contributed by atoms with Crippen LogP contribution in [0.2, 0.25) is 0 Å². The van der Waals surface area contributed by atoms with E-state index in [1.165, 1.54) is 4.68 Å². The van der Waals surface area contributed by atoms with E-state index in [-0.39, 0.29) is 55.6 Å². The topological polar surface area (TPSA) is 168 Å². The molecule has 12 heteroatoms. The standard InChI is InChI=1S/C28H36N6O5S/c1-18(30)22(35)9-11-27(2,3)40(38,39)28(12-13-28)17-34-14-10-21-23(32-33(4)24(21)26(34)37)25(36)31-16-20-7-5-19(15-29)6-8-20/h5-8,18H,9-14,16-17,30H2,1-4H3,(H,31,36)/t18-/m1/s1. The van der Waals surface area contributed by atoms with Crippen LogP contribution < -0.4 is 11.1 Å². The Morgan fingerprint density at radius 1 is 1.25 bits per heavy atom. The van der Waals surface area contributed by atoms with Gasteiger partial charge in [-0.05, 0) is 64.2 Å². The molecule has 11 nitrogen and oxygen atoms in total. The molecule has 3 N–H and O–H groups in total. The van der Waals surface area contributed by atoms with Crippen LogP contribution in [0.25, 0.3) is 0 Å². The highest BCUT2D eigenvalue weighted by Crippen LogP contribution is 2.50. The van der Waals surface area contributed by atoms with Crippen LogP contribution >= 0.6 is 0 Å². The van der Waals surface area contributed by atoms with Crippen LogP contribution in [0, 0.1) is 11.3 Å². The zero-order chi connectivity index (χ0) is 29.5. The van der Waals surface area contributed by atoms with Crippen molar-refractivity contribution in [2.45, 2.75) is 75.0 Å². The summed E-state index contributed by atoms with van der Waals surface area (Å²) in [6.45, 7) is 5.43. The molecule has 1 aromatic carbocycles. The summed E-state index contributed by atoms with van der Waals surface area (Å²) in [5.74, 6) is -0.944. The number of aryl methyl sites for hydroxylation is 1. The third kappa shape index (κ3) is 5.40. The minimum Gasteiger partial charge on any atom is -0.347 e. The van der Waals surface area contributed by atoms with Crippen molar-refractivity contribution in [3.8, 4) is 6.07 Å². The molecule has 40 heavy (non-hydrogen) atoms. The van der Waals surface area contributed by atoms with Crippen LogP contribution in [0.1, 0.15) is 84.1 Å². The van der Waals surface area contributed by atoms with Gasteiger partial charge in [-0.1, -0.05) is 12.1 Å². The fourth-order valence-corrected chi connectivity index (χ4v) is 7.75. The Balaban J connectivity index is 1.46. The molecule has 1 aromatic heterocycles. The third-order valence-electron chi connectivity index (χ3n) is 8.08. The van der Waals surface area contributed by atoms with Crippen molar-refractivity contribution in [2.24, 2.45) is 12.8 Å². The lowest BCUT2D eigenvalue weighted by molar-refractivity contribution is -0.120. The van der Waals surface area contributed by atoms with Gasteiger partial charge in [-0.2, -0.15) is 10.4 Å². The van der Waals surface area contributed by atoms with E-state index in [9.17, 15) is 22.8 Å². The molecule has 4 rings (SSSR count). The van der Waals surface area contributed by atoms with Crippen LogP contribution in [-0.2, 0) is 34.6 Å². The van der Waals surface area contributed by atoms with Crippen molar-refractivity contribution in [2.75, 3.05) is 13.1 Å². The summed E-state index contributed by atoms with van der Waals surface area (Å²) in [6, 6.07) is 8.27. The molecule has 214 valence electrons. The number of hydrogen-bond acceptors (Lipinski definition) is 8. The number of rotatable bonds is 11. The van der Waals surface area contributed by atoms with Crippen LogP contribution in [0.5, 0.6) is 0 Å². The Morgan fingerprint density at radius 2 is 1.90 bits per heavy atom. The highest BCUT2D eigenvalue weighted by molar-refractivity contribution is 7.94. The van der Waals surface area contributed by atoms with Gasteiger partial charge in [0.05, 0.1) is 27.2 Å². The predicted molar refractivity (Wildman–Crippen MR) is 148 cm³/mol. The maximum Gasteiger partial charge on any atom is 0.272 e. The van der Waals surface area contributed by atoms with Gasteiger partial charge in [-0.3, -0.25) is 19.1 Å². The highest BCUT2D eigenvalue weighted by atomic mass is 32.2. The number of aromatic nitrogens is 2. The first-order valence-corrected chi connectivity index (χ1v) is 14.9. The minimum atomic E-state index is -3.70. The lowest BCUT2D eigenvalue weighted by Gasteiger charge is -2.35. The summed E-state index contributed by atoms with van der Waals surface area (Å²) in [4.78, 5) is 40.1. The largest absolute Gasteiger partial charge is 0.347 e. The number of carbonyl (C=O) groups excluding carboxylic acids is 3. The van der Waals surface area contributed by atoms with Gasteiger partial charge >= 0.3 is 0 Å². The van der Waals surface area contributed by atoms with Crippen molar-refractivity contribution < 1.29 is 22.8 Å². The fraction of sp³-hybridized carbons (Fsp3) is 0.536. The summed E-state index contributed by atoms with van der Waals surface area (Å²) in [5, 5.41) is 16.1. The molecule has 0 spiro atoms. The molecule has 0 saturated heterocycles. The van der Waals surface area contributed by atoms with Crippen molar-refractivity contribution in [3.05, 3.63) is 52.3 Å². The van der Waals surface area contributed by atoms with Gasteiger partial charge < -0.3 is 16.0 Å². The number of sulfone groups is 1. The first-order chi connectivity index (χ1) is 18.7. The average molecular weight is 569 g/mol. The Bertz CT molecular complexity index is 1480. The lowest BCUT2D eigenvalue weighted by atomic mass is 10.0. The molecule has 1 aliphatic carbocycles. The minimum absolute atomic E-state index is 0.0592. The number of ketones is 1. The summed E-state index contributed by atoms with van der Waals surface area (Å²) in [6.07, 6.45) is 1.52. The van der Waals surface area contributed by atoms with Crippen molar-refractivity contribution in [1.29, 1.82) is 5.26 Å². The third-order valence-corrected chi connectivity index (χ3v) is 11.4. The van der Waals surface area contributed by atoms with E-state index in [0.29, 0.717) is 30.4 Å². The molecule has 1 fully saturated rings. The zero-order valence-electron chi connectivity index (χ0n) is 23.4. The Kier molecular flexibility index (Phi) is 7.93. The van der Waals surface area contributed by atoms with Gasteiger partial charge in [0.1, 0.15) is 11.5 Å².